The highest BCUT2D eigenvalue weighted by Gasteiger charge is 2.18. The number of hydrogen-bond donors (Lipinski definition) is 1. The van der Waals surface area contributed by atoms with E-state index in [2.05, 4.69) is 11.4 Å². The molecule has 0 radical (unpaired) electrons. The van der Waals surface area contributed by atoms with Gasteiger partial charge in [-0.05, 0) is 31.5 Å². The fourth-order valence-electron chi connectivity index (χ4n) is 2.48. The van der Waals surface area contributed by atoms with E-state index in [0.29, 0.717) is 21.7 Å². The third kappa shape index (κ3) is 2.99. The molecule has 0 atom stereocenters. The summed E-state index contributed by atoms with van der Waals surface area (Å²) in [6.07, 6.45) is 0. The zero-order chi connectivity index (χ0) is 18.1. The average Bonchev–Trinajstić information content (AvgIpc) is 2.86. The molecule has 1 amide bonds. The summed E-state index contributed by atoms with van der Waals surface area (Å²) >= 11 is 1.33. The van der Waals surface area contributed by atoms with Crippen molar-refractivity contribution in [1.82, 2.24) is 0 Å². The number of carbonyl (C=O) groups is 1. The first kappa shape index (κ1) is 16.7. The van der Waals surface area contributed by atoms with Crippen LogP contribution in [0.4, 0.5) is 5.00 Å². The maximum atomic E-state index is 12.7. The number of amides is 1. The van der Waals surface area contributed by atoms with E-state index in [1.165, 1.54) is 18.4 Å². The largest absolute Gasteiger partial charge is 0.497 e. The molecule has 0 saturated carbocycles. The van der Waals surface area contributed by atoms with Gasteiger partial charge in [-0.15, -0.1) is 11.3 Å². The second-order valence-electron chi connectivity index (χ2n) is 5.39. The minimum atomic E-state index is -0.634. The van der Waals surface area contributed by atoms with E-state index in [4.69, 9.17) is 9.15 Å². The molecule has 2 aromatic heterocycles. The van der Waals surface area contributed by atoms with Gasteiger partial charge in [0.25, 0.3) is 5.91 Å². The molecule has 6 nitrogen and oxygen atoms in total. The third-order valence-corrected chi connectivity index (χ3v) is 5.04. The number of nitriles is 1. The Bertz CT molecular complexity index is 1090. The zero-order valence-electron chi connectivity index (χ0n) is 13.8. The number of ether oxygens (including phenoxy) is 1. The Morgan fingerprint density at radius 1 is 1.32 bits per heavy atom. The van der Waals surface area contributed by atoms with Crippen molar-refractivity contribution in [3.63, 3.8) is 0 Å². The molecule has 3 aromatic rings. The molecule has 0 saturated heterocycles. The summed E-state index contributed by atoms with van der Waals surface area (Å²) in [5, 5.41) is 13.0. The monoisotopic (exact) mass is 354 g/mol. The summed E-state index contributed by atoms with van der Waals surface area (Å²) in [6, 6.07) is 8.13. The van der Waals surface area contributed by atoms with E-state index in [1.54, 1.807) is 18.2 Å². The maximum absolute atomic E-state index is 12.7. The number of benzene rings is 1. The molecule has 0 fully saturated rings. The summed E-state index contributed by atoms with van der Waals surface area (Å²) in [7, 11) is 1.50. The number of methoxy groups -OCH3 is 1. The second-order valence-corrected chi connectivity index (χ2v) is 6.62. The molecule has 1 aromatic carbocycles. The summed E-state index contributed by atoms with van der Waals surface area (Å²) in [5.74, 6) is 0.0466. The van der Waals surface area contributed by atoms with Gasteiger partial charge in [-0.25, -0.2) is 4.79 Å². The van der Waals surface area contributed by atoms with E-state index >= 15 is 0 Å². The first-order valence-electron chi connectivity index (χ1n) is 7.38. The van der Waals surface area contributed by atoms with Crippen LogP contribution in [0.1, 0.15) is 26.4 Å². The number of aryl methyl sites for hydroxylation is 1. The SMILES string of the molecule is COc1ccc2c(C(=O)Nc3sc(C)c(C)c3C#N)cc(=O)oc2c1. The van der Waals surface area contributed by atoms with Crippen LogP contribution < -0.4 is 15.7 Å². The van der Waals surface area contributed by atoms with Crippen LogP contribution in [0.15, 0.2) is 33.5 Å². The highest BCUT2D eigenvalue weighted by molar-refractivity contribution is 7.16. The molecule has 3 rings (SSSR count). The molecule has 0 spiro atoms. The summed E-state index contributed by atoms with van der Waals surface area (Å²) in [6.45, 7) is 3.72. The number of nitrogens with one attached hydrogen (secondary N) is 1. The van der Waals surface area contributed by atoms with Gasteiger partial charge in [0, 0.05) is 22.4 Å². The lowest BCUT2D eigenvalue weighted by Gasteiger charge is -2.07. The van der Waals surface area contributed by atoms with Crippen LogP contribution >= 0.6 is 11.3 Å². The molecule has 25 heavy (non-hydrogen) atoms. The van der Waals surface area contributed by atoms with Crippen molar-refractivity contribution in [2.45, 2.75) is 13.8 Å². The third-order valence-electron chi connectivity index (χ3n) is 3.92. The first-order chi connectivity index (χ1) is 11.9. The summed E-state index contributed by atoms with van der Waals surface area (Å²) in [4.78, 5) is 25.5. The van der Waals surface area contributed by atoms with Crippen LogP contribution in [-0.4, -0.2) is 13.0 Å². The molecule has 0 aliphatic heterocycles. The lowest BCUT2D eigenvalue weighted by Crippen LogP contribution is -2.15. The van der Waals surface area contributed by atoms with Gasteiger partial charge in [0.1, 0.15) is 22.4 Å². The molecule has 0 unspecified atom stereocenters. The van der Waals surface area contributed by atoms with E-state index in [-0.39, 0.29) is 11.1 Å². The number of carbonyl (C=O) groups excluding carboxylic acids is 1. The fourth-order valence-corrected chi connectivity index (χ4v) is 3.48. The van der Waals surface area contributed by atoms with Crippen LogP contribution in [-0.2, 0) is 0 Å². The fraction of sp³-hybridized carbons (Fsp3) is 0.167. The summed E-state index contributed by atoms with van der Waals surface area (Å²) in [5.41, 5.74) is 1.08. The molecular weight excluding hydrogens is 340 g/mol. The number of thiophene rings is 1. The number of fused-ring (bicyclic) bond motifs is 1. The van der Waals surface area contributed by atoms with Gasteiger partial charge in [-0.2, -0.15) is 5.26 Å². The van der Waals surface area contributed by atoms with Gasteiger partial charge < -0.3 is 14.5 Å². The highest BCUT2D eigenvalue weighted by atomic mass is 32.1. The Labute approximate surface area is 147 Å². The van der Waals surface area contributed by atoms with Crippen LogP contribution in [0.3, 0.4) is 0 Å². The minimum Gasteiger partial charge on any atom is -0.497 e. The minimum absolute atomic E-state index is 0.182. The molecule has 0 aliphatic rings. The molecule has 126 valence electrons. The molecule has 7 heteroatoms. The predicted octanol–water partition coefficient (Wildman–Crippen LogP) is 3.60. The van der Waals surface area contributed by atoms with Crippen LogP contribution in [0, 0.1) is 25.2 Å². The smallest absolute Gasteiger partial charge is 0.337 e. The molecule has 1 N–H and O–H groups in total. The van der Waals surface area contributed by atoms with Gasteiger partial charge in [0.15, 0.2) is 0 Å². The Balaban J connectivity index is 2.08. The normalized spacial score (nSPS) is 10.5. The van der Waals surface area contributed by atoms with Crippen molar-refractivity contribution in [1.29, 1.82) is 5.26 Å². The molecule has 2 heterocycles. The molecular formula is C18H14N2O4S. The average molecular weight is 354 g/mol. The van der Waals surface area contributed by atoms with Gasteiger partial charge in [-0.3, -0.25) is 4.79 Å². The lowest BCUT2D eigenvalue weighted by atomic mass is 10.1. The van der Waals surface area contributed by atoms with Crippen molar-refractivity contribution in [2.75, 3.05) is 12.4 Å². The zero-order valence-corrected chi connectivity index (χ0v) is 14.6. The van der Waals surface area contributed by atoms with Crippen molar-refractivity contribution in [3.05, 3.63) is 56.3 Å². The Morgan fingerprint density at radius 3 is 2.76 bits per heavy atom. The topological polar surface area (TPSA) is 92.3 Å². The Morgan fingerprint density at radius 2 is 2.08 bits per heavy atom. The van der Waals surface area contributed by atoms with E-state index < -0.39 is 11.5 Å². The van der Waals surface area contributed by atoms with Crippen LogP contribution in [0.25, 0.3) is 11.0 Å². The summed E-state index contributed by atoms with van der Waals surface area (Å²) < 4.78 is 10.3. The van der Waals surface area contributed by atoms with Crippen LogP contribution in [0.2, 0.25) is 0 Å². The van der Waals surface area contributed by atoms with E-state index in [0.717, 1.165) is 16.5 Å². The van der Waals surface area contributed by atoms with E-state index in [1.807, 2.05) is 13.8 Å². The number of hydrogen-bond acceptors (Lipinski definition) is 6. The van der Waals surface area contributed by atoms with Gasteiger partial charge >= 0.3 is 5.63 Å². The van der Waals surface area contributed by atoms with Crippen molar-refractivity contribution < 1.29 is 13.9 Å². The quantitative estimate of drug-likeness (QED) is 0.726. The van der Waals surface area contributed by atoms with Gasteiger partial charge in [-0.1, -0.05) is 0 Å². The van der Waals surface area contributed by atoms with Gasteiger partial charge in [0.05, 0.1) is 18.2 Å². The number of rotatable bonds is 3. The van der Waals surface area contributed by atoms with Crippen molar-refractivity contribution in [2.24, 2.45) is 0 Å². The maximum Gasteiger partial charge on any atom is 0.337 e. The standard InChI is InChI=1S/C18H14N2O4S/c1-9-10(2)25-18(14(9)8-19)20-17(22)13-7-16(21)24-15-6-11(23-3)4-5-12(13)15/h4-7H,1-3H3,(H,20,22). The Kier molecular flexibility index (Phi) is 4.30. The van der Waals surface area contributed by atoms with E-state index in [9.17, 15) is 14.9 Å². The second kappa shape index (κ2) is 6.42. The Hall–Kier alpha value is -3.11. The lowest BCUT2D eigenvalue weighted by molar-refractivity contribution is 0.102. The molecule has 0 aliphatic carbocycles. The number of nitrogens with zero attached hydrogens (tertiary/aromatic N) is 1. The predicted molar refractivity (Wildman–Crippen MR) is 95.5 cm³/mol. The van der Waals surface area contributed by atoms with Crippen molar-refractivity contribution >= 4 is 33.2 Å². The van der Waals surface area contributed by atoms with Gasteiger partial charge in [0.2, 0.25) is 0 Å². The molecule has 0 bridgehead atoms. The van der Waals surface area contributed by atoms with Crippen LogP contribution in [0.5, 0.6) is 5.75 Å². The highest BCUT2D eigenvalue weighted by Crippen LogP contribution is 2.32. The number of anilines is 1. The first-order valence-corrected chi connectivity index (χ1v) is 8.19. The van der Waals surface area contributed by atoms with Crippen molar-refractivity contribution in [3.8, 4) is 11.8 Å².